The highest BCUT2D eigenvalue weighted by atomic mass is 16.1. The molecule has 0 aliphatic heterocycles. The molecule has 2 heteroatoms. The third kappa shape index (κ3) is 16.1. The molecule has 0 fully saturated rings. The van der Waals surface area contributed by atoms with Gasteiger partial charge >= 0.3 is 0 Å². The quantitative estimate of drug-likeness (QED) is 0.294. The molecule has 0 saturated carbocycles. The molecule has 0 heterocycles. The van der Waals surface area contributed by atoms with Gasteiger partial charge in [-0.05, 0) is 19.3 Å². The van der Waals surface area contributed by atoms with Crippen molar-refractivity contribution in [1.29, 1.82) is 0 Å². The molecule has 2 nitrogen and oxygen atoms in total. The lowest BCUT2D eigenvalue weighted by atomic mass is 10.0. The van der Waals surface area contributed by atoms with Crippen molar-refractivity contribution in [2.24, 2.45) is 0 Å². The summed E-state index contributed by atoms with van der Waals surface area (Å²) in [5.74, 6) is 0.252. The number of nitrogens with one attached hydrogen (secondary N) is 1. The van der Waals surface area contributed by atoms with Crippen molar-refractivity contribution < 1.29 is 4.79 Å². The molecule has 0 spiro atoms. The van der Waals surface area contributed by atoms with Gasteiger partial charge in [0.15, 0.2) is 0 Å². The molecule has 1 N–H and O–H groups in total. The molecule has 23 heavy (non-hydrogen) atoms. The summed E-state index contributed by atoms with van der Waals surface area (Å²) in [5.41, 5.74) is 0. The zero-order valence-electron chi connectivity index (χ0n) is 16.3. The molecule has 0 aromatic heterocycles. The van der Waals surface area contributed by atoms with Gasteiger partial charge in [0.05, 0.1) is 0 Å². The Bertz CT molecular complexity index is 248. The van der Waals surface area contributed by atoms with Crippen molar-refractivity contribution >= 4 is 5.91 Å². The minimum Gasteiger partial charge on any atom is -0.353 e. The first-order valence-electron chi connectivity index (χ1n) is 10.5. The van der Waals surface area contributed by atoms with Crippen LogP contribution in [0.25, 0.3) is 0 Å². The second-order valence-corrected chi connectivity index (χ2v) is 7.07. The van der Waals surface area contributed by atoms with E-state index in [2.05, 4.69) is 26.1 Å². The summed E-state index contributed by atoms with van der Waals surface area (Å²) in [4.78, 5) is 11.8. The lowest BCUT2D eigenvalue weighted by molar-refractivity contribution is -0.121. The smallest absolute Gasteiger partial charge is 0.220 e. The van der Waals surface area contributed by atoms with E-state index < -0.39 is 0 Å². The first-order valence-corrected chi connectivity index (χ1v) is 10.5. The zero-order chi connectivity index (χ0) is 17.2. The van der Waals surface area contributed by atoms with Gasteiger partial charge in [-0.1, -0.05) is 97.8 Å². The van der Waals surface area contributed by atoms with E-state index in [-0.39, 0.29) is 5.91 Å². The van der Waals surface area contributed by atoms with Crippen molar-refractivity contribution in [3.05, 3.63) is 0 Å². The maximum atomic E-state index is 11.8. The van der Waals surface area contributed by atoms with Crippen molar-refractivity contribution in [3.8, 4) is 0 Å². The van der Waals surface area contributed by atoms with Crippen LogP contribution < -0.4 is 5.32 Å². The summed E-state index contributed by atoms with van der Waals surface area (Å²) in [6, 6.07) is 0.379. The van der Waals surface area contributed by atoms with E-state index in [1.807, 2.05) is 0 Å². The van der Waals surface area contributed by atoms with Crippen LogP contribution in [0.3, 0.4) is 0 Å². The van der Waals surface area contributed by atoms with Gasteiger partial charge in [0.1, 0.15) is 0 Å². The van der Waals surface area contributed by atoms with Gasteiger partial charge in [-0.15, -0.1) is 0 Å². The standard InChI is InChI=1S/C21H43NO/c1-4-7-8-9-10-11-12-13-14-15-16-17-18-19-21(23)22-20(5-2)6-3/h20H,4-19H2,1-3H3,(H,22,23). The summed E-state index contributed by atoms with van der Waals surface area (Å²) in [6.45, 7) is 6.55. The molecule has 0 bridgehead atoms. The van der Waals surface area contributed by atoms with Crippen molar-refractivity contribution in [2.45, 2.75) is 130 Å². The second kappa shape index (κ2) is 17.8. The zero-order valence-corrected chi connectivity index (χ0v) is 16.3. The van der Waals surface area contributed by atoms with E-state index in [4.69, 9.17) is 0 Å². The van der Waals surface area contributed by atoms with Crippen LogP contribution in [0.1, 0.15) is 124 Å². The Morgan fingerprint density at radius 1 is 0.652 bits per heavy atom. The van der Waals surface area contributed by atoms with Crippen molar-refractivity contribution in [3.63, 3.8) is 0 Å². The van der Waals surface area contributed by atoms with E-state index in [0.717, 1.165) is 19.3 Å². The Balaban J connectivity index is 3.20. The molecule has 0 aromatic carbocycles. The van der Waals surface area contributed by atoms with Gasteiger partial charge in [0.25, 0.3) is 0 Å². The van der Waals surface area contributed by atoms with Crippen LogP contribution in [0.15, 0.2) is 0 Å². The summed E-state index contributed by atoms with van der Waals surface area (Å²) in [5, 5.41) is 3.12. The van der Waals surface area contributed by atoms with Crippen LogP contribution in [0.4, 0.5) is 0 Å². The van der Waals surface area contributed by atoms with Crippen LogP contribution in [0, 0.1) is 0 Å². The van der Waals surface area contributed by atoms with Crippen LogP contribution >= 0.6 is 0 Å². The molecule has 0 radical (unpaired) electrons. The summed E-state index contributed by atoms with van der Waals surface area (Å²) >= 11 is 0. The maximum absolute atomic E-state index is 11.8. The number of carbonyl (C=O) groups excluding carboxylic acids is 1. The number of carbonyl (C=O) groups is 1. The van der Waals surface area contributed by atoms with Crippen LogP contribution in [0.2, 0.25) is 0 Å². The minimum atomic E-state index is 0.252. The van der Waals surface area contributed by atoms with E-state index in [0.29, 0.717) is 12.5 Å². The van der Waals surface area contributed by atoms with Crippen LogP contribution in [-0.4, -0.2) is 11.9 Å². The van der Waals surface area contributed by atoms with E-state index in [9.17, 15) is 4.79 Å². The lowest BCUT2D eigenvalue weighted by Crippen LogP contribution is -2.33. The van der Waals surface area contributed by atoms with E-state index >= 15 is 0 Å². The summed E-state index contributed by atoms with van der Waals surface area (Å²) < 4.78 is 0. The molecule has 0 aliphatic rings. The third-order valence-electron chi connectivity index (χ3n) is 4.86. The predicted octanol–water partition coefficient (Wildman–Crippen LogP) is 6.77. The highest BCUT2D eigenvalue weighted by Gasteiger charge is 2.07. The van der Waals surface area contributed by atoms with E-state index in [1.54, 1.807) is 0 Å². The fourth-order valence-corrected chi connectivity index (χ4v) is 3.10. The predicted molar refractivity (Wildman–Crippen MR) is 103 cm³/mol. The molecule has 138 valence electrons. The van der Waals surface area contributed by atoms with Gasteiger partial charge < -0.3 is 5.32 Å². The SMILES string of the molecule is CCCCCCCCCCCCCCCC(=O)NC(CC)CC. The van der Waals surface area contributed by atoms with Crippen molar-refractivity contribution in [2.75, 3.05) is 0 Å². The molecule has 1 amide bonds. The topological polar surface area (TPSA) is 29.1 Å². The Hall–Kier alpha value is -0.530. The Kier molecular flexibility index (Phi) is 17.4. The number of amides is 1. The van der Waals surface area contributed by atoms with Crippen LogP contribution in [0.5, 0.6) is 0 Å². The molecular weight excluding hydrogens is 282 g/mol. The minimum absolute atomic E-state index is 0.252. The second-order valence-electron chi connectivity index (χ2n) is 7.07. The first kappa shape index (κ1) is 22.5. The normalized spacial score (nSPS) is 11.1. The average Bonchev–Trinajstić information content (AvgIpc) is 2.56. The molecule has 0 unspecified atom stereocenters. The number of hydrogen-bond acceptors (Lipinski definition) is 1. The number of unbranched alkanes of at least 4 members (excludes halogenated alkanes) is 12. The van der Waals surface area contributed by atoms with Crippen LogP contribution in [-0.2, 0) is 4.79 Å². The van der Waals surface area contributed by atoms with Gasteiger partial charge in [-0.25, -0.2) is 0 Å². The molecular formula is C21H43NO. The number of hydrogen-bond donors (Lipinski definition) is 1. The van der Waals surface area contributed by atoms with Crippen molar-refractivity contribution in [1.82, 2.24) is 5.32 Å². The highest BCUT2D eigenvalue weighted by Crippen LogP contribution is 2.13. The third-order valence-corrected chi connectivity index (χ3v) is 4.86. The van der Waals surface area contributed by atoms with Gasteiger partial charge in [0.2, 0.25) is 5.91 Å². The average molecular weight is 326 g/mol. The van der Waals surface area contributed by atoms with Gasteiger partial charge in [0, 0.05) is 12.5 Å². The monoisotopic (exact) mass is 325 g/mol. The molecule has 0 aliphatic carbocycles. The molecule has 0 aromatic rings. The highest BCUT2D eigenvalue weighted by molar-refractivity contribution is 5.76. The van der Waals surface area contributed by atoms with Gasteiger partial charge in [-0.2, -0.15) is 0 Å². The Morgan fingerprint density at radius 3 is 1.43 bits per heavy atom. The number of rotatable bonds is 17. The Morgan fingerprint density at radius 2 is 1.04 bits per heavy atom. The Labute approximate surface area is 146 Å². The van der Waals surface area contributed by atoms with E-state index in [1.165, 1.54) is 77.0 Å². The fourth-order valence-electron chi connectivity index (χ4n) is 3.10. The molecule has 0 saturated heterocycles. The van der Waals surface area contributed by atoms with Gasteiger partial charge in [-0.3, -0.25) is 4.79 Å². The molecule has 0 atom stereocenters. The lowest BCUT2D eigenvalue weighted by Gasteiger charge is -2.14. The fraction of sp³-hybridized carbons (Fsp3) is 0.952. The first-order chi connectivity index (χ1) is 11.2. The largest absolute Gasteiger partial charge is 0.353 e. The summed E-state index contributed by atoms with van der Waals surface area (Å²) in [7, 11) is 0. The molecule has 0 rings (SSSR count). The maximum Gasteiger partial charge on any atom is 0.220 e. The summed E-state index contributed by atoms with van der Waals surface area (Å²) in [6.07, 6.45) is 20.4.